The van der Waals surface area contributed by atoms with Crippen molar-refractivity contribution in [3.63, 3.8) is 0 Å². The second kappa shape index (κ2) is 8.63. The van der Waals surface area contributed by atoms with E-state index in [4.69, 9.17) is 9.84 Å². The zero-order chi connectivity index (χ0) is 15.8. The standard InChI is InChI=1S/C14H22N2O4S/c1-10(2)16(9-11-5-4-8-21-11)14(19)15-12(13(17)18)6-7-20-3/h4-5,8,10,12H,6-7,9H2,1-3H3,(H,15,19)(H,17,18). The van der Waals surface area contributed by atoms with Gasteiger partial charge in [-0.15, -0.1) is 11.3 Å². The molecule has 0 spiro atoms. The summed E-state index contributed by atoms with van der Waals surface area (Å²) in [6.07, 6.45) is 0.239. The molecule has 0 aliphatic rings. The molecule has 2 amide bonds. The van der Waals surface area contributed by atoms with Crippen LogP contribution in [-0.4, -0.2) is 47.8 Å². The number of carboxylic acid groups (broad SMARTS) is 1. The average Bonchev–Trinajstić information content (AvgIpc) is 2.92. The lowest BCUT2D eigenvalue weighted by Crippen LogP contribution is -2.50. The van der Waals surface area contributed by atoms with E-state index in [9.17, 15) is 9.59 Å². The van der Waals surface area contributed by atoms with E-state index in [1.807, 2.05) is 31.4 Å². The van der Waals surface area contributed by atoms with Crippen molar-refractivity contribution < 1.29 is 19.4 Å². The molecule has 0 aromatic carbocycles. The number of urea groups is 1. The van der Waals surface area contributed by atoms with Crippen molar-refractivity contribution in [1.29, 1.82) is 0 Å². The molecule has 0 aliphatic carbocycles. The quantitative estimate of drug-likeness (QED) is 0.770. The highest BCUT2D eigenvalue weighted by molar-refractivity contribution is 7.09. The fraction of sp³-hybridized carbons (Fsp3) is 0.571. The maximum Gasteiger partial charge on any atom is 0.326 e. The molecule has 0 saturated heterocycles. The number of nitrogens with zero attached hydrogens (tertiary/aromatic N) is 1. The van der Waals surface area contributed by atoms with Crippen molar-refractivity contribution >= 4 is 23.3 Å². The molecular weight excluding hydrogens is 292 g/mol. The summed E-state index contributed by atoms with van der Waals surface area (Å²) < 4.78 is 4.87. The number of carbonyl (C=O) groups is 2. The summed E-state index contributed by atoms with van der Waals surface area (Å²) in [4.78, 5) is 26.1. The number of hydrogen-bond donors (Lipinski definition) is 2. The van der Waals surface area contributed by atoms with Crippen LogP contribution in [0.2, 0.25) is 0 Å². The molecule has 7 heteroatoms. The number of thiophene rings is 1. The van der Waals surface area contributed by atoms with Crippen molar-refractivity contribution in [1.82, 2.24) is 10.2 Å². The lowest BCUT2D eigenvalue weighted by atomic mass is 10.2. The van der Waals surface area contributed by atoms with Gasteiger partial charge in [0.25, 0.3) is 0 Å². The normalized spacial score (nSPS) is 12.2. The molecule has 6 nitrogen and oxygen atoms in total. The highest BCUT2D eigenvalue weighted by Crippen LogP contribution is 2.14. The summed E-state index contributed by atoms with van der Waals surface area (Å²) in [5.41, 5.74) is 0. The Morgan fingerprint density at radius 1 is 1.48 bits per heavy atom. The van der Waals surface area contributed by atoms with E-state index in [2.05, 4.69) is 5.32 Å². The van der Waals surface area contributed by atoms with Crippen LogP contribution in [0.3, 0.4) is 0 Å². The molecule has 1 atom stereocenters. The van der Waals surface area contributed by atoms with Gasteiger partial charge >= 0.3 is 12.0 Å². The van der Waals surface area contributed by atoms with Gasteiger partial charge in [0.15, 0.2) is 0 Å². The number of aliphatic carboxylic acids is 1. The van der Waals surface area contributed by atoms with E-state index in [0.717, 1.165) is 4.88 Å². The molecule has 118 valence electrons. The monoisotopic (exact) mass is 314 g/mol. The third-order valence-corrected chi connectivity index (χ3v) is 3.86. The minimum Gasteiger partial charge on any atom is -0.480 e. The summed E-state index contributed by atoms with van der Waals surface area (Å²) in [5.74, 6) is -1.06. The number of amides is 2. The summed E-state index contributed by atoms with van der Waals surface area (Å²) in [7, 11) is 1.50. The SMILES string of the molecule is COCCC(NC(=O)N(Cc1cccs1)C(C)C)C(=O)O. The topological polar surface area (TPSA) is 78.9 Å². The maximum atomic E-state index is 12.3. The van der Waals surface area contributed by atoms with Gasteiger partial charge in [0.1, 0.15) is 6.04 Å². The Bertz CT molecular complexity index is 448. The number of carboxylic acids is 1. The molecule has 0 radical (unpaired) electrons. The Morgan fingerprint density at radius 3 is 2.67 bits per heavy atom. The first-order valence-corrected chi connectivity index (χ1v) is 7.65. The van der Waals surface area contributed by atoms with Crippen LogP contribution in [0.15, 0.2) is 17.5 Å². The van der Waals surface area contributed by atoms with Crippen LogP contribution in [0.1, 0.15) is 25.1 Å². The second-order valence-corrected chi connectivity index (χ2v) is 5.96. The zero-order valence-corrected chi connectivity index (χ0v) is 13.4. The Morgan fingerprint density at radius 2 is 2.19 bits per heavy atom. The Hall–Kier alpha value is -1.60. The first-order valence-electron chi connectivity index (χ1n) is 6.77. The van der Waals surface area contributed by atoms with Gasteiger partial charge in [-0.05, 0) is 25.3 Å². The van der Waals surface area contributed by atoms with E-state index in [0.29, 0.717) is 6.54 Å². The highest BCUT2D eigenvalue weighted by Gasteiger charge is 2.24. The lowest BCUT2D eigenvalue weighted by molar-refractivity contribution is -0.139. The zero-order valence-electron chi connectivity index (χ0n) is 12.5. The largest absolute Gasteiger partial charge is 0.480 e. The fourth-order valence-electron chi connectivity index (χ4n) is 1.78. The van der Waals surface area contributed by atoms with Gasteiger partial charge in [0, 0.05) is 31.1 Å². The van der Waals surface area contributed by atoms with Gasteiger partial charge in [-0.3, -0.25) is 0 Å². The van der Waals surface area contributed by atoms with Crippen molar-refractivity contribution in [2.24, 2.45) is 0 Å². The number of carbonyl (C=O) groups excluding carboxylic acids is 1. The number of nitrogens with one attached hydrogen (secondary N) is 1. The van der Waals surface area contributed by atoms with Gasteiger partial charge in [0.2, 0.25) is 0 Å². The van der Waals surface area contributed by atoms with E-state index in [1.165, 1.54) is 7.11 Å². The average molecular weight is 314 g/mol. The van der Waals surface area contributed by atoms with Crippen LogP contribution in [-0.2, 0) is 16.1 Å². The number of hydrogen-bond acceptors (Lipinski definition) is 4. The molecule has 0 aliphatic heterocycles. The van der Waals surface area contributed by atoms with E-state index >= 15 is 0 Å². The molecule has 21 heavy (non-hydrogen) atoms. The minimum absolute atomic E-state index is 0.0241. The van der Waals surface area contributed by atoms with E-state index < -0.39 is 12.0 Å². The van der Waals surface area contributed by atoms with Crippen LogP contribution in [0.25, 0.3) is 0 Å². The number of methoxy groups -OCH3 is 1. The summed E-state index contributed by atoms with van der Waals surface area (Å²) >= 11 is 1.57. The lowest BCUT2D eigenvalue weighted by Gasteiger charge is -2.28. The van der Waals surface area contributed by atoms with Crippen LogP contribution in [0.5, 0.6) is 0 Å². The molecule has 2 N–H and O–H groups in total. The van der Waals surface area contributed by atoms with Crippen LogP contribution in [0, 0.1) is 0 Å². The van der Waals surface area contributed by atoms with Crippen LogP contribution in [0.4, 0.5) is 4.79 Å². The van der Waals surface area contributed by atoms with Gasteiger partial charge in [-0.2, -0.15) is 0 Å². The summed E-state index contributed by atoms with van der Waals surface area (Å²) in [6.45, 7) is 4.55. The minimum atomic E-state index is -1.06. The number of rotatable bonds is 8. The predicted octanol–water partition coefficient (Wildman–Crippen LogP) is 2.16. The third-order valence-electron chi connectivity index (χ3n) is 3.00. The van der Waals surface area contributed by atoms with Crippen molar-refractivity contribution in [3.8, 4) is 0 Å². The van der Waals surface area contributed by atoms with Gasteiger partial charge < -0.3 is 20.1 Å². The Labute approximate surface area is 128 Å². The van der Waals surface area contributed by atoms with Crippen molar-refractivity contribution in [2.45, 2.75) is 38.9 Å². The van der Waals surface area contributed by atoms with Gasteiger partial charge in [0.05, 0.1) is 6.54 Å². The summed E-state index contributed by atoms with van der Waals surface area (Å²) in [5, 5.41) is 13.6. The molecule has 1 unspecified atom stereocenters. The number of ether oxygens (including phenoxy) is 1. The van der Waals surface area contributed by atoms with Crippen molar-refractivity contribution in [3.05, 3.63) is 22.4 Å². The fourth-order valence-corrected chi connectivity index (χ4v) is 2.49. The van der Waals surface area contributed by atoms with E-state index in [1.54, 1.807) is 16.2 Å². The molecule has 1 aromatic heterocycles. The molecule has 1 aromatic rings. The second-order valence-electron chi connectivity index (χ2n) is 4.92. The maximum absolute atomic E-state index is 12.3. The molecule has 0 saturated carbocycles. The first kappa shape index (κ1) is 17.5. The Balaban J connectivity index is 2.68. The predicted molar refractivity (Wildman–Crippen MR) is 81.4 cm³/mol. The molecule has 1 heterocycles. The molecule has 0 bridgehead atoms. The molecular formula is C14H22N2O4S. The van der Waals surface area contributed by atoms with Gasteiger partial charge in [-0.25, -0.2) is 9.59 Å². The third kappa shape index (κ3) is 5.73. The first-order chi connectivity index (χ1) is 9.95. The smallest absolute Gasteiger partial charge is 0.326 e. The van der Waals surface area contributed by atoms with Gasteiger partial charge in [-0.1, -0.05) is 6.07 Å². The summed E-state index contributed by atoms with van der Waals surface area (Å²) in [6, 6.07) is 2.54. The van der Waals surface area contributed by atoms with Crippen LogP contribution < -0.4 is 5.32 Å². The molecule has 0 fully saturated rings. The van der Waals surface area contributed by atoms with E-state index in [-0.39, 0.29) is 25.1 Å². The van der Waals surface area contributed by atoms with Crippen molar-refractivity contribution in [2.75, 3.05) is 13.7 Å². The van der Waals surface area contributed by atoms with Crippen LogP contribution >= 0.6 is 11.3 Å². The Kier molecular flexibility index (Phi) is 7.18. The molecule has 1 rings (SSSR count). The highest BCUT2D eigenvalue weighted by atomic mass is 32.1.